The third-order valence-corrected chi connectivity index (χ3v) is 1.56. The number of aliphatic carboxylic acids is 1. The monoisotopic (exact) mass is 187 g/mol. The largest absolute Gasteiger partial charge is 0.478 e. The third-order valence-electron chi connectivity index (χ3n) is 1.56. The summed E-state index contributed by atoms with van der Waals surface area (Å²) in [5, 5.41) is 12.4. The standard InChI is InChI=1S/C9H17NO3/c1-5-6-7(2)10-13-9(3,4)8(11)12/h5-6H2,1-4H3,(H,11,12)/b10-7+. The Bertz CT molecular complexity index is 209. The maximum Gasteiger partial charge on any atom is 0.350 e. The van der Waals surface area contributed by atoms with Crippen LogP contribution in [-0.2, 0) is 9.63 Å². The van der Waals surface area contributed by atoms with Gasteiger partial charge in [-0.25, -0.2) is 4.79 Å². The molecule has 0 bridgehead atoms. The molecule has 4 heteroatoms. The highest BCUT2D eigenvalue weighted by Crippen LogP contribution is 2.10. The minimum atomic E-state index is -1.24. The Hall–Kier alpha value is -1.06. The van der Waals surface area contributed by atoms with Crippen molar-refractivity contribution in [2.24, 2.45) is 5.16 Å². The molecule has 0 aromatic rings. The number of hydrogen-bond acceptors (Lipinski definition) is 3. The molecule has 0 amide bonds. The second-order valence-corrected chi connectivity index (χ2v) is 3.48. The summed E-state index contributed by atoms with van der Waals surface area (Å²) in [7, 11) is 0. The SMILES string of the molecule is CCC/C(C)=N/OC(C)(C)C(=O)O. The average molecular weight is 187 g/mol. The highest BCUT2D eigenvalue weighted by Gasteiger charge is 2.29. The molecule has 0 fully saturated rings. The van der Waals surface area contributed by atoms with Crippen LogP contribution >= 0.6 is 0 Å². The van der Waals surface area contributed by atoms with Crippen molar-refractivity contribution in [3.05, 3.63) is 0 Å². The second kappa shape index (κ2) is 4.84. The van der Waals surface area contributed by atoms with Crippen LogP contribution in [0.4, 0.5) is 0 Å². The van der Waals surface area contributed by atoms with E-state index in [-0.39, 0.29) is 0 Å². The number of carboxylic acid groups (broad SMARTS) is 1. The van der Waals surface area contributed by atoms with Crippen LogP contribution in [0.25, 0.3) is 0 Å². The van der Waals surface area contributed by atoms with E-state index in [1.54, 1.807) is 0 Å². The molecule has 0 heterocycles. The summed E-state index contributed by atoms with van der Waals surface area (Å²) in [6, 6.07) is 0. The average Bonchev–Trinajstić information content (AvgIpc) is 2.01. The van der Waals surface area contributed by atoms with Crippen molar-refractivity contribution in [3.63, 3.8) is 0 Å². The van der Waals surface area contributed by atoms with Gasteiger partial charge in [0.05, 0.1) is 5.71 Å². The first kappa shape index (κ1) is 11.9. The summed E-state index contributed by atoms with van der Waals surface area (Å²) in [4.78, 5) is 15.5. The first-order valence-corrected chi connectivity index (χ1v) is 4.35. The topological polar surface area (TPSA) is 58.9 Å². The Morgan fingerprint density at radius 3 is 2.46 bits per heavy atom. The third kappa shape index (κ3) is 4.50. The molecule has 0 radical (unpaired) electrons. The molecule has 0 unspecified atom stereocenters. The van der Waals surface area contributed by atoms with E-state index in [1.165, 1.54) is 13.8 Å². The molecular weight excluding hydrogens is 170 g/mol. The molecule has 0 rings (SSSR count). The fourth-order valence-electron chi connectivity index (χ4n) is 0.639. The Labute approximate surface area is 78.6 Å². The molecular formula is C9H17NO3. The smallest absolute Gasteiger partial charge is 0.350 e. The highest BCUT2D eigenvalue weighted by atomic mass is 16.7. The van der Waals surface area contributed by atoms with Gasteiger partial charge in [0, 0.05) is 0 Å². The predicted octanol–water partition coefficient (Wildman–Crippen LogP) is 2.04. The van der Waals surface area contributed by atoms with Crippen molar-refractivity contribution in [1.29, 1.82) is 0 Å². The van der Waals surface area contributed by atoms with Crippen LogP contribution in [0, 0.1) is 0 Å². The highest BCUT2D eigenvalue weighted by molar-refractivity contribution is 5.81. The lowest BCUT2D eigenvalue weighted by atomic mass is 10.1. The molecule has 0 spiro atoms. The molecule has 0 saturated heterocycles. The molecule has 13 heavy (non-hydrogen) atoms. The van der Waals surface area contributed by atoms with E-state index >= 15 is 0 Å². The predicted molar refractivity (Wildman–Crippen MR) is 50.8 cm³/mol. The van der Waals surface area contributed by atoms with Crippen molar-refractivity contribution >= 4 is 11.7 Å². The molecule has 76 valence electrons. The number of carbonyl (C=O) groups is 1. The fourth-order valence-corrected chi connectivity index (χ4v) is 0.639. The lowest BCUT2D eigenvalue weighted by Crippen LogP contribution is -2.33. The van der Waals surface area contributed by atoms with Crippen LogP contribution in [0.2, 0.25) is 0 Å². The zero-order chi connectivity index (χ0) is 10.5. The number of nitrogens with zero attached hydrogens (tertiary/aromatic N) is 1. The zero-order valence-corrected chi connectivity index (χ0v) is 8.63. The van der Waals surface area contributed by atoms with E-state index in [1.807, 2.05) is 13.8 Å². The van der Waals surface area contributed by atoms with Crippen LogP contribution in [0.3, 0.4) is 0 Å². The first-order chi connectivity index (χ1) is 5.90. The van der Waals surface area contributed by atoms with Crippen molar-refractivity contribution < 1.29 is 14.7 Å². The minimum Gasteiger partial charge on any atom is -0.478 e. The molecule has 0 aliphatic heterocycles. The van der Waals surface area contributed by atoms with E-state index in [4.69, 9.17) is 9.94 Å². The van der Waals surface area contributed by atoms with Crippen molar-refractivity contribution in [2.45, 2.75) is 46.1 Å². The van der Waals surface area contributed by atoms with Gasteiger partial charge in [0.25, 0.3) is 0 Å². The first-order valence-electron chi connectivity index (χ1n) is 4.35. The number of hydrogen-bond donors (Lipinski definition) is 1. The van der Waals surface area contributed by atoms with Gasteiger partial charge in [0.2, 0.25) is 5.60 Å². The Balaban J connectivity index is 4.14. The summed E-state index contributed by atoms with van der Waals surface area (Å²) in [6.45, 7) is 6.79. The molecule has 0 aliphatic rings. The Morgan fingerprint density at radius 1 is 1.54 bits per heavy atom. The van der Waals surface area contributed by atoms with E-state index in [2.05, 4.69) is 5.16 Å². The van der Waals surface area contributed by atoms with Crippen LogP contribution in [0.5, 0.6) is 0 Å². The van der Waals surface area contributed by atoms with E-state index in [0.29, 0.717) is 0 Å². The van der Waals surface area contributed by atoms with Crippen LogP contribution < -0.4 is 0 Å². The number of oxime groups is 1. The van der Waals surface area contributed by atoms with Gasteiger partial charge in [-0.15, -0.1) is 0 Å². The fraction of sp³-hybridized carbons (Fsp3) is 0.778. The van der Waals surface area contributed by atoms with Gasteiger partial charge in [-0.3, -0.25) is 0 Å². The van der Waals surface area contributed by atoms with E-state index in [0.717, 1.165) is 18.6 Å². The number of carboxylic acids is 1. The van der Waals surface area contributed by atoms with E-state index < -0.39 is 11.6 Å². The quantitative estimate of drug-likeness (QED) is 0.529. The maximum atomic E-state index is 10.6. The molecule has 0 atom stereocenters. The van der Waals surface area contributed by atoms with Gasteiger partial charge in [-0.05, 0) is 27.2 Å². The summed E-state index contributed by atoms with van der Waals surface area (Å²) >= 11 is 0. The van der Waals surface area contributed by atoms with Gasteiger partial charge in [0.1, 0.15) is 0 Å². The lowest BCUT2D eigenvalue weighted by Gasteiger charge is -2.16. The normalized spacial score (nSPS) is 12.8. The summed E-state index contributed by atoms with van der Waals surface area (Å²) in [5.41, 5.74) is -0.425. The summed E-state index contributed by atoms with van der Waals surface area (Å²) in [6.07, 6.45) is 1.81. The van der Waals surface area contributed by atoms with Gasteiger partial charge < -0.3 is 9.94 Å². The van der Waals surface area contributed by atoms with Gasteiger partial charge >= 0.3 is 5.97 Å². The van der Waals surface area contributed by atoms with Gasteiger partial charge in [-0.2, -0.15) is 0 Å². The van der Waals surface area contributed by atoms with Crippen molar-refractivity contribution in [3.8, 4) is 0 Å². The van der Waals surface area contributed by atoms with Gasteiger partial charge in [-0.1, -0.05) is 18.5 Å². The maximum absolute atomic E-state index is 10.6. The summed E-state index contributed by atoms with van der Waals surface area (Å²) in [5.74, 6) is -1.01. The summed E-state index contributed by atoms with van der Waals surface area (Å²) < 4.78 is 0. The Morgan fingerprint density at radius 2 is 2.08 bits per heavy atom. The van der Waals surface area contributed by atoms with Gasteiger partial charge in [0.15, 0.2) is 0 Å². The van der Waals surface area contributed by atoms with Crippen LogP contribution in [0.15, 0.2) is 5.16 Å². The van der Waals surface area contributed by atoms with Crippen molar-refractivity contribution in [1.82, 2.24) is 0 Å². The molecule has 0 aromatic carbocycles. The zero-order valence-electron chi connectivity index (χ0n) is 8.63. The van der Waals surface area contributed by atoms with Crippen LogP contribution in [0.1, 0.15) is 40.5 Å². The van der Waals surface area contributed by atoms with Crippen LogP contribution in [-0.4, -0.2) is 22.4 Å². The van der Waals surface area contributed by atoms with E-state index in [9.17, 15) is 4.79 Å². The molecule has 0 aliphatic carbocycles. The molecule has 1 N–H and O–H groups in total. The lowest BCUT2D eigenvalue weighted by molar-refractivity contribution is -0.161. The molecule has 0 saturated carbocycles. The Kier molecular flexibility index (Phi) is 4.45. The number of rotatable bonds is 5. The molecule has 4 nitrogen and oxygen atoms in total. The van der Waals surface area contributed by atoms with Crippen molar-refractivity contribution in [2.75, 3.05) is 0 Å². The minimum absolute atomic E-state index is 0.817. The second-order valence-electron chi connectivity index (χ2n) is 3.48. The molecule has 0 aromatic heterocycles.